The maximum absolute atomic E-state index is 13.6. The molecule has 0 nitrogen and oxygen atoms in total. The van der Waals surface area contributed by atoms with Crippen LogP contribution in [0.3, 0.4) is 0 Å². The fourth-order valence-electron chi connectivity index (χ4n) is 1.90. The summed E-state index contributed by atoms with van der Waals surface area (Å²) in [5.41, 5.74) is 3.92. The highest BCUT2D eigenvalue weighted by atomic mass is 19.1. The van der Waals surface area contributed by atoms with Crippen molar-refractivity contribution >= 4 is 0 Å². The van der Waals surface area contributed by atoms with Gasteiger partial charge in [0.2, 0.25) is 0 Å². The van der Waals surface area contributed by atoms with Crippen molar-refractivity contribution in [3.8, 4) is 11.1 Å². The van der Waals surface area contributed by atoms with Crippen molar-refractivity contribution < 1.29 is 4.39 Å². The van der Waals surface area contributed by atoms with Crippen molar-refractivity contribution in [3.63, 3.8) is 0 Å². The third-order valence-corrected chi connectivity index (χ3v) is 2.62. The lowest BCUT2D eigenvalue weighted by atomic mass is 9.95. The number of rotatable bonds is 1. The summed E-state index contributed by atoms with van der Waals surface area (Å²) in [5, 5.41) is 0. The van der Waals surface area contributed by atoms with Gasteiger partial charge < -0.3 is 0 Å². The molecule has 0 aliphatic heterocycles. The van der Waals surface area contributed by atoms with E-state index in [2.05, 4.69) is 0 Å². The predicted molar refractivity (Wildman–Crippen MR) is 61.3 cm³/mol. The first-order valence-electron chi connectivity index (χ1n) is 5.01. The number of aryl methyl sites for hydroxylation is 2. The van der Waals surface area contributed by atoms with E-state index >= 15 is 0 Å². The van der Waals surface area contributed by atoms with Gasteiger partial charge in [-0.2, -0.15) is 0 Å². The van der Waals surface area contributed by atoms with Crippen molar-refractivity contribution in [1.29, 1.82) is 0 Å². The molecule has 0 saturated heterocycles. The molecule has 0 radical (unpaired) electrons. The second-order valence-electron chi connectivity index (χ2n) is 3.75. The Hall–Kier alpha value is -1.63. The summed E-state index contributed by atoms with van der Waals surface area (Å²) in [6.45, 7) is 4.02. The van der Waals surface area contributed by atoms with Gasteiger partial charge in [-0.1, -0.05) is 36.4 Å². The SMILES string of the molecule is Cc1cccc(C)c1-c1ccccc1F. The first-order valence-corrected chi connectivity index (χ1v) is 5.01. The number of benzene rings is 2. The highest BCUT2D eigenvalue weighted by molar-refractivity contribution is 5.71. The van der Waals surface area contributed by atoms with Gasteiger partial charge in [-0.3, -0.25) is 0 Å². The first kappa shape index (κ1) is 9.91. The zero-order valence-corrected chi connectivity index (χ0v) is 8.92. The minimum absolute atomic E-state index is 0.157. The van der Waals surface area contributed by atoms with Crippen LogP contribution in [0, 0.1) is 19.7 Å². The predicted octanol–water partition coefficient (Wildman–Crippen LogP) is 4.11. The molecular weight excluding hydrogens is 187 g/mol. The van der Waals surface area contributed by atoms with E-state index in [-0.39, 0.29) is 5.82 Å². The monoisotopic (exact) mass is 200 g/mol. The van der Waals surface area contributed by atoms with E-state index in [4.69, 9.17) is 0 Å². The van der Waals surface area contributed by atoms with Gasteiger partial charge in [0.25, 0.3) is 0 Å². The molecule has 2 aromatic rings. The molecule has 0 N–H and O–H groups in total. The topological polar surface area (TPSA) is 0 Å². The third-order valence-electron chi connectivity index (χ3n) is 2.62. The van der Waals surface area contributed by atoms with Crippen LogP contribution in [0.1, 0.15) is 11.1 Å². The second-order valence-corrected chi connectivity index (χ2v) is 3.75. The molecule has 0 saturated carbocycles. The standard InChI is InChI=1S/C14H13F/c1-10-6-5-7-11(2)14(10)12-8-3-4-9-13(12)15/h3-9H,1-2H3. The average molecular weight is 200 g/mol. The first-order chi connectivity index (χ1) is 7.20. The summed E-state index contributed by atoms with van der Waals surface area (Å²) in [7, 11) is 0. The van der Waals surface area contributed by atoms with Crippen molar-refractivity contribution in [2.45, 2.75) is 13.8 Å². The van der Waals surface area contributed by atoms with Crippen LogP contribution in [-0.4, -0.2) is 0 Å². The highest BCUT2D eigenvalue weighted by Gasteiger charge is 2.08. The van der Waals surface area contributed by atoms with Crippen molar-refractivity contribution in [3.05, 3.63) is 59.4 Å². The summed E-state index contributed by atoms with van der Waals surface area (Å²) in [5.74, 6) is -0.157. The zero-order chi connectivity index (χ0) is 10.8. The Bertz CT molecular complexity index is 466. The van der Waals surface area contributed by atoms with Crippen molar-refractivity contribution in [1.82, 2.24) is 0 Å². The van der Waals surface area contributed by atoms with E-state index in [1.165, 1.54) is 6.07 Å². The van der Waals surface area contributed by atoms with E-state index in [0.717, 1.165) is 16.7 Å². The second kappa shape index (κ2) is 3.85. The van der Waals surface area contributed by atoms with Gasteiger partial charge in [0, 0.05) is 5.56 Å². The van der Waals surface area contributed by atoms with Gasteiger partial charge >= 0.3 is 0 Å². The number of halogens is 1. The summed E-state index contributed by atoms with van der Waals surface area (Å²) in [6, 6.07) is 12.9. The molecule has 76 valence electrons. The Kier molecular flexibility index (Phi) is 2.55. The number of hydrogen-bond acceptors (Lipinski definition) is 0. The van der Waals surface area contributed by atoms with Gasteiger partial charge in [0.1, 0.15) is 5.82 Å². The molecule has 2 rings (SSSR count). The van der Waals surface area contributed by atoms with Crippen molar-refractivity contribution in [2.75, 3.05) is 0 Å². The number of hydrogen-bond donors (Lipinski definition) is 0. The molecule has 0 spiro atoms. The molecule has 0 aliphatic rings. The van der Waals surface area contributed by atoms with Crippen LogP contribution in [0.15, 0.2) is 42.5 Å². The summed E-state index contributed by atoms with van der Waals surface area (Å²) in [6.07, 6.45) is 0. The highest BCUT2D eigenvalue weighted by Crippen LogP contribution is 2.28. The molecule has 0 unspecified atom stereocenters. The van der Waals surface area contributed by atoms with E-state index in [9.17, 15) is 4.39 Å². The largest absolute Gasteiger partial charge is 0.206 e. The van der Waals surface area contributed by atoms with E-state index in [0.29, 0.717) is 5.56 Å². The fourth-order valence-corrected chi connectivity index (χ4v) is 1.90. The molecule has 0 amide bonds. The lowest BCUT2D eigenvalue weighted by Gasteiger charge is -2.10. The van der Waals surface area contributed by atoms with Gasteiger partial charge in [-0.15, -0.1) is 0 Å². The quantitative estimate of drug-likeness (QED) is 0.649. The maximum atomic E-state index is 13.6. The molecule has 0 bridgehead atoms. The smallest absolute Gasteiger partial charge is 0.131 e. The lowest BCUT2D eigenvalue weighted by Crippen LogP contribution is -1.90. The minimum Gasteiger partial charge on any atom is -0.206 e. The molecule has 15 heavy (non-hydrogen) atoms. The molecular formula is C14H13F. The van der Waals surface area contributed by atoms with Gasteiger partial charge in [-0.25, -0.2) is 4.39 Å². The minimum atomic E-state index is -0.157. The van der Waals surface area contributed by atoms with Crippen LogP contribution < -0.4 is 0 Å². The maximum Gasteiger partial charge on any atom is 0.131 e. The Morgan fingerprint density at radius 2 is 1.40 bits per heavy atom. The molecule has 0 fully saturated rings. The fraction of sp³-hybridized carbons (Fsp3) is 0.143. The van der Waals surface area contributed by atoms with Crippen LogP contribution in [0.4, 0.5) is 4.39 Å². The lowest BCUT2D eigenvalue weighted by molar-refractivity contribution is 0.631. The van der Waals surface area contributed by atoms with Crippen molar-refractivity contribution in [2.24, 2.45) is 0 Å². The summed E-state index contributed by atoms with van der Waals surface area (Å²) >= 11 is 0. The van der Waals surface area contributed by atoms with Gasteiger partial charge in [0.05, 0.1) is 0 Å². The molecule has 2 aromatic carbocycles. The van der Waals surface area contributed by atoms with Crippen LogP contribution in [0.25, 0.3) is 11.1 Å². The van der Waals surface area contributed by atoms with E-state index in [1.807, 2.05) is 44.2 Å². The average Bonchev–Trinajstić information content (AvgIpc) is 2.20. The van der Waals surface area contributed by atoms with E-state index in [1.54, 1.807) is 6.07 Å². The van der Waals surface area contributed by atoms with Gasteiger partial charge in [0.15, 0.2) is 0 Å². The van der Waals surface area contributed by atoms with E-state index < -0.39 is 0 Å². The normalized spacial score (nSPS) is 10.3. The third kappa shape index (κ3) is 1.78. The van der Waals surface area contributed by atoms with Crippen LogP contribution in [0.2, 0.25) is 0 Å². The Morgan fingerprint density at radius 3 is 2.00 bits per heavy atom. The Labute approximate surface area is 89.4 Å². The molecule has 0 aliphatic carbocycles. The molecule has 0 aromatic heterocycles. The van der Waals surface area contributed by atoms with Crippen LogP contribution in [0.5, 0.6) is 0 Å². The summed E-state index contributed by atoms with van der Waals surface area (Å²) in [4.78, 5) is 0. The molecule has 0 heterocycles. The Morgan fingerprint density at radius 1 is 0.800 bits per heavy atom. The zero-order valence-electron chi connectivity index (χ0n) is 8.92. The van der Waals surface area contributed by atoms with Crippen LogP contribution >= 0.6 is 0 Å². The Balaban J connectivity index is 2.69. The molecule has 1 heteroatoms. The molecule has 0 atom stereocenters. The summed E-state index contributed by atoms with van der Waals surface area (Å²) < 4.78 is 13.6. The van der Waals surface area contributed by atoms with Crippen LogP contribution in [-0.2, 0) is 0 Å². The van der Waals surface area contributed by atoms with Gasteiger partial charge in [-0.05, 0) is 36.6 Å².